The topological polar surface area (TPSA) is 12.0 Å². The molecule has 1 unspecified atom stereocenters. The van der Waals surface area contributed by atoms with Gasteiger partial charge in [-0.25, -0.2) is 0 Å². The minimum atomic E-state index is 0.598. The zero-order valence-electron chi connectivity index (χ0n) is 11.9. The summed E-state index contributed by atoms with van der Waals surface area (Å²) < 4.78 is 0. The lowest BCUT2D eigenvalue weighted by Gasteiger charge is -2.19. The van der Waals surface area contributed by atoms with Crippen LogP contribution in [-0.4, -0.2) is 12.1 Å². The molecule has 1 aromatic rings. The van der Waals surface area contributed by atoms with E-state index in [1.807, 2.05) is 0 Å². The van der Waals surface area contributed by atoms with Gasteiger partial charge in [-0.3, -0.25) is 0 Å². The summed E-state index contributed by atoms with van der Waals surface area (Å²) in [5.41, 5.74) is 7.39. The molecule has 1 aromatic carbocycles. The minimum Gasteiger partial charge on any atom is -0.311 e. The predicted molar refractivity (Wildman–Crippen MR) is 74.7 cm³/mol. The van der Waals surface area contributed by atoms with Gasteiger partial charge >= 0.3 is 0 Å². The number of nitrogens with one attached hydrogen (secondary N) is 1. The van der Waals surface area contributed by atoms with E-state index in [1.165, 1.54) is 35.1 Å². The van der Waals surface area contributed by atoms with E-state index in [1.54, 1.807) is 5.56 Å². The van der Waals surface area contributed by atoms with Crippen LogP contribution in [0.5, 0.6) is 0 Å². The van der Waals surface area contributed by atoms with E-state index in [0.29, 0.717) is 6.04 Å². The van der Waals surface area contributed by atoms with Gasteiger partial charge in [0.25, 0.3) is 0 Å². The first-order valence-electron chi connectivity index (χ1n) is 6.81. The highest BCUT2D eigenvalue weighted by Crippen LogP contribution is 2.24. The van der Waals surface area contributed by atoms with Crippen molar-refractivity contribution in [3.63, 3.8) is 0 Å². The van der Waals surface area contributed by atoms with Gasteiger partial charge in [-0.05, 0) is 81.7 Å². The molecule has 1 aliphatic rings. The molecule has 1 aliphatic carbocycles. The summed E-state index contributed by atoms with van der Waals surface area (Å²) in [6.07, 6.45) is 3.90. The molecule has 0 amide bonds. The summed E-state index contributed by atoms with van der Waals surface area (Å²) in [5.74, 6) is 0. The van der Waals surface area contributed by atoms with Crippen molar-refractivity contribution in [2.24, 2.45) is 0 Å². The first kappa shape index (κ1) is 12.6. The van der Waals surface area contributed by atoms with Crippen molar-refractivity contribution in [2.45, 2.75) is 66.0 Å². The van der Waals surface area contributed by atoms with Crippen molar-refractivity contribution in [3.8, 4) is 0 Å². The molecule has 0 bridgehead atoms. The number of benzene rings is 1. The van der Waals surface area contributed by atoms with Gasteiger partial charge in [-0.2, -0.15) is 0 Å². The largest absolute Gasteiger partial charge is 0.311 e. The highest BCUT2D eigenvalue weighted by molar-refractivity contribution is 5.44. The van der Waals surface area contributed by atoms with E-state index >= 15 is 0 Å². The predicted octanol–water partition coefficient (Wildman–Crippen LogP) is 3.60. The Bertz CT molecular complexity index is 390. The fourth-order valence-electron chi connectivity index (χ4n) is 2.62. The van der Waals surface area contributed by atoms with Gasteiger partial charge in [0.1, 0.15) is 0 Å². The third-order valence-electron chi connectivity index (χ3n) is 4.13. The fraction of sp³-hybridized carbons (Fsp3) is 0.625. The normalized spacial score (nSPS) is 17.2. The van der Waals surface area contributed by atoms with Crippen LogP contribution in [0.2, 0.25) is 0 Å². The Morgan fingerprint density at radius 1 is 1.12 bits per heavy atom. The van der Waals surface area contributed by atoms with E-state index in [2.05, 4.69) is 46.0 Å². The highest BCUT2D eigenvalue weighted by atomic mass is 15.0. The van der Waals surface area contributed by atoms with E-state index in [4.69, 9.17) is 0 Å². The smallest absolute Gasteiger partial charge is 0.00819 e. The van der Waals surface area contributed by atoms with Crippen LogP contribution < -0.4 is 5.32 Å². The van der Waals surface area contributed by atoms with Crippen molar-refractivity contribution >= 4 is 0 Å². The number of rotatable bonds is 4. The summed E-state index contributed by atoms with van der Waals surface area (Å²) in [6, 6.07) is 3.71. The standard InChI is InChI=1S/C16H25N/c1-10-8-11(2)14(5)16(13(10)4)9-12(3)17-15-6-7-15/h8,12,15,17H,6-7,9H2,1-5H3. The van der Waals surface area contributed by atoms with E-state index < -0.39 is 0 Å². The molecule has 1 fully saturated rings. The maximum Gasteiger partial charge on any atom is 0.00819 e. The molecule has 0 aromatic heterocycles. The van der Waals surface area contributed by atoms with Crippen LogP contribution >= 0.6 is 0 Å². The van der Waals surface area contributed by atoms with Gasteiger partial charge in [-0.1, -0.05) is 6.07 Å². The lowest BCUT2D eigenvalue weighted by molar-refractivity contribution is 0.540. The molecule has 94 valence electrons. The van der Waals surface area contributed by atoms with Gasteiger partial charge in [0.2, 0.25) is 0 Å². The van der Waals surface area contributed by atoms with Crippen LogP contribution in [0.4, 0.5) is 0 Å². The highest BCUT2D eigenvalue weighted by Gasteiger charge is 2.23. The Morgan fingerprint density at radius 3 is 2.12 bits per heavy atom. The average Bonchev–Trinajstić information content (AvgIpc) is 3.05. The Hall–Kier alpha value is -0.820. The summed E-state index contributed by atoms with van der Waals surface area (Å²) in [6.45, 7) is 11.3. The monoisotopic (exact) mass is 231 g/mol. The molecule has 0 spiro atoms. The van der Waals surface area contributed by atoms with Gasteiger partial charge < -0.3 is 5.32 Å². The van der Waals surface area contributed by atoms with Gasteiger partial charge in [0.05, 0.1) is 0 Å². The Balaban J connectivity index is 2.18. The summed E-state index contributed by atoms with van der Waals surface area (Å²) >= 11 is 0. The van der Waals surface area contributed by atoms with Crippen molar-refractivity contribution in [3.05, 3.63) is 33.9 Å². The Labute approximate surface area is 106 Å². The summed E-state index contributed by atoms with van der Waals surface area (Å²) in [7, 11) is 0. The second kappa shape index (κ2) is 4.81. The first-order chi connectivity index (χ1) is 7.99. The van der Waals surface area contributed by atoms with Crippen molar-refractivity contribution in [1.29, 1.82) is 0 Å². The van der Waals surface area contributed by atoms with Crippen LogP contribution in [0, 0.1) is 27.7 Å². The molecule has 2 rings (SSSR count). The average molecular weight is 231 g/mol. The van der Waals surface area contributed by atoms with E-state index in [9.17, 15) is 0 Å². The molecule has 1 N–H and O–H groups in total. The second-order valence-corrected chi connectivity index (χ2v) is 5.79. The van der Waals surface area contributed by atoms with E-state index in [-0.39, 0.29) is 0 Å². The number of aryl methyl sites for hydroxylation is 2. The molecule has 0 aliphatic heterocycles. The maximum absolute atomic E-state index is 3.70. The van der Waals surface area contributed by atoms with Crippen LogP contribution in [0.15, 0.2) is 6.07 Å². The molecule has 1 heteroatoms. The summed E-state index contributed by atoms with van der Waals surface area (Å²) in [5, 5.41) is 3.70. The molecule has 0 heterocycles. The molecule has 1 saturated carbocycles. The number of hydrogen-bond donors (Lipinski definition) is 1. The lowest BCUT2D eigenvalue weighted by atomic mass is 9.90. The Morgan fingerprint density at radius 2 is 1.65 bits per heavy atom. The van der Waals surface area contributed by atoms with Crippen molar-refractivity contribution in [2.75, 3.05) is 0 Å². The molecule has 0 saturated heterocycles. The maximum atomic E-state index is 3.70. The second-order valence-electron chi connectivity index (χ2n) is 5.79. The van der Waals surface area contributed by atoms with E-state index in [0.717, 1.165) is 12.5 Å². The Kier molecular flexibility index (Phi) is 3.58. The molecular weight excluding hydrogens is 206 g/mol. The molecule has 0 radical (unpaired) electrons. The van der Waals surface area contributed by atoms with Crippen LogP contribution in [-0.2, 0) is 6.42 Å². The van der Waals surface area contributed by atoms with Crippen molar-refractivity contribution < 1.29 is 0 Å². The SMILES string of the molecule is Cc1cc(C)c(C)c(CC(C)NC2CC2)c1C. The minimum absolute atomic E-state index is 0.598. The van der Waals surface area contributed by atoms with Crippen LogP contribution in [0.1, 0.15) is 47.6 Å². The zero-order valence-corrected chi connectivity index (χ0v) is 11.9. The third kappa shape index (κ3) is 2.90. The van der Waals surface area contributed by atoms with Gasteiger partial charge in [0.15, 0.2) is 0 Å². The third-order valence-corrected chi connectivity index (χ3v) is 4.13. The lowest BCUT2D eigenvalue weighted by Crippen LogP contribution is -2.30. The van der Waals surface area contributed by atoms with Crippen molar-refractivity contribution in [1.82, 2.24) is 5.32 Å². The molecule has 1 atom stereocenters. The fourth-order valence-corrected chi connectivity index (χ4v) is 2.62. The first-order valence-corrected chi connectivity index (χ1v) is 6.81. The van der Waals surface area contributed by atoms with Gasteiger partial charge in [-0.15, -0.1) is 0 Å². The quantitative estimate of drug-likeness (QED) is 0.835. The van der Waals surface area contributed by atoms with Gasteiger partial charge in [0, 0.05) is 12.1 Å². The molecule has 17 heavy (non-hydrogen) atoms. The van der Waals surface area contributed by atoms with Crippen LogP contribution in [0.25, 0.3) is 0 Å². The molecule has 1 nitrogen and oxygen atoms in total. The number of hydrogen-bond acceptors (Lipinski definition) is 1. The van der Waals surface area contributed by atoms with Crippen LogP contribution in [0.3, 0.4) is 0 Å². The summed E-state index contributed by atoms with van der Waals surface area (Å²) in [4.78, 5) is 0. The molecular formula is C16H25N. The zero-order chi connectivity index (χ0) is 12.6.